The standard InChI is InChI=1S/C15H24N4O3S2.HI/c1-2-16-15(19-12-6-10-24(21,22)11-12)18-8-4-7-17-14(20)13-5-3-9-23-13;/h3,5,9,12H,2,4,6-8,10-11H2,1H3,(H,17,20)(H2,16,18,19);1H. The van der Waals surface area contributed by atoms with E-state index in [0.717, 1.165) is 6.42 Å². The maximum absolute atomic E-state index is 11.8. The van der Waals surface area contributed by atoms with Gasteiger partial charge in [-0.3, -0.25) is 9.79 Å². The van der Waals surface area contributed by atoms with Gasteiger partial charge in [0.2, 0.25) is 0 Å². The molecule has 2 heterocycles. The monoisotopic (exact) mass is 500 g/mol. The number of guanidine groups is 1. The van der Waals surface area contributed by atoms with E-state index in [-0.39, 0.29) is 47.4 Å². The Morgan fingerprint density at radius 1 is 1.40 bits per heavy atom. The van der Waals surface area contributed by atoms with E-state index in [0.29, 0.717) is 36.9 Å². The van der Waals surface area contributed by atoms with Crippen LogP contribution in [0.2, 0.25) is 0 Å². The molecule has 1 aliphatic heterocycles. The number of thiophene rings is 1. The number of carbonyl (C=O) groups is 1. The molecule has 1 atom stereocenters. The van der Waals surface area contributed by atoms with Gasteiger partial charge in [-0.1, -0.05) is 6.07 Å². The Bertz CT molecular complexity index is 662. The fourth-order valence-electron chi connectivity index (χ4n) is 2.39. The lowest BCUT2D eigenvalue weighted by atomic mass is 10.3. The van der Waals surface area contributed by atoms with Crippen molar-refractivity contribution < 1.29 is 13.2 Å². The summed E-state index contributed by atoms with van der Waals surface area (Å²) in [7, 11) is -2.91. The second-order valence-corrected chi connectivity index (χ2v) is 8.77. The highest BCUT2D eigenvalue weighted by Gasteiger charge is 2.28. The normalized spacial score (nSPS) is 19.1. The van der Waals surface area contributed by atoms with E-state index in [2.05, 4.69) is 20.9 Å². The van der Waals surface area contributed by atoms with Crippen LogP contribution in [0, 0.1) is 0 Å². The highest BCUT2D eigenvalue weighted by Crippen LogP contribution is 2.11. The maximum atomic E-state index is 11.8. The molecule has 1 saturated heterocycles. The number of carbonyl (C=O) groups excluding carboxylic acids is 1. The average Bonchev–Trinajstić information content (AvgIpc) is 3.16. The molecule has 1 amide bonds. The molecule has 1 aromatic heterocycles. The van der Waals surface area contributed by atoms with Crippen LogP contribution in [0.3, 0.4) is 0 Å². The zero-order valence-corrected chi connectivity index (χ0v) is 18.1. The summed E-state index contributed by atoms with van der Waals surface area (Å²) in [4.78, 5) is 16.9. The van der Waals surface area contributed by atoms with Crippen LogP contribution >= 0.6 is 35.3 Å². The van der Waals surface area contributed by atoms with E-state index in [9.17, 15) is 13.2 Å². The smallest absolute Gasteiger partial charge is 0.261 e. The number of aliphatic imine (C=N–C) groups is 1. The topological polar surface area (TPSA) is 99.7 Å². The molecule has 0 radical (unpaired) electrons. The van der Waals surface area contributed by atoms with Gasteiger partial charge < -0.3 is 16.0 Å². The Kier molecular flexibility index (Phi) is 9.72. The van der Waals surface area contributed by atoms with Crippen molar-refractivity contribution in [3.63, 3.8) is 0 Å². The first-order valence-electron chi connectivity index (χ1n) is 8.07. The molecule has 0 spiro atoms. The first-order chi connectivity index (χ1) is 11.5. The predicted molar refractivity (Wildman–Crippen MR) is 113 cm³/mol. The van der Waals surface area contributed by atoms with Gasteiger partial charge in [-0.2, -0.15) is 0 Å². The maximum Gasteiger partial charge on any atom is 0.261 e. The minimum atomic E-state index is -2.91. The fourth-order valence-corrected chi connectivity index (χ4v) is 4.70. The van der Waals surface area contributed by atoms with Crippen molar-refractivity contribution in [3.05, 3.63) is 22.4 Å². The third kappa shape index (κ3) is 7.90. The van der Waals surface area contributed by atoms with Gasteiger partial charge in [-0.25, -0.2) is 8.42 Å². The number of hydrogen-bond donors (Lipinski definition) is 3. The van der Waals surface area contributed by atoms with Crippen molar-refractivity contribution in [2.45, 2.75) is 25.8 Å². The Morgan fingerprint density at radius 3 is 2.80 bits per heavy atom. The first-order valence-corrected chi connectivity index (χ1v) is 10.8. The molecule has 1 fully saturated rings. The van der Waals surface area contributed by atoms with Crippen molar-refractivity contribution >= 4 is 57.0 Å². The number of hydrogen-bond acceptors (Lipinski definition) is 5. The van der Waals surface area contributed by atoms with Crippen LogP contribution < -0.4 is 16.0 Å². The van der Waals surface area contributed by atoms with E-state index in [1.54, 1.807) is 6.07 Å². The van der Waals surface area contributed by atoms with Crippen molar-refractivity contribution in [3.8, 4) is 0 Å². The molecular formula is C15H25IN4O3S2. The van der Waals surface area contributed by atoms with Crippen molar-refractivity contribution in [2.75, 3.05) is 31.1 Å². The Balaban J connectivity index is 0.00000312. The van der Waals surface area contributed by atoms with Crippen LogP contribution in [-0.4, -0.2) is 57.5 Å². The average molecular weight is 500 g/mol. The van der Waals surface area contributed by atoms with Gasteiger partial charge in [0.05, 0.1) is 16.4 Å². The van der Waals surface area contributed by atoms with E-state index in [4.69, 9.17) is 0 Å². The van der Waals surface area contributed by atoms with Crippen LogP contribution in [0.25, 0.3) is 0 Å². The second kappa shape index (κ2) is 11.0. The fraction of sp³-hybridized carbons (Fsp3) is 0.600. The van der Waals surface area contributed by atoms with E-state index in [1.807, 2.05) is 18.4 Å². The second-order valence-electron chi connectivity index (χ2n) is 5.59. The van der Waals surface area contributed by atoms with Crippen LogP contribution in [-0.2, 0) is 9.84 Å². The molecule has 1 unspecified atom stereocenters. The lowest BCUT2D eigenvalue weighted by Crippen LogP contribution is -2.44. The SMILES string of the molecule is CCNC(=NCCCNC(=O)c1cccs1)NC1CCS(=O)(=O)C1.I. The van der Waals surface area contributed by atoms with Gasteiger partial charge in [0.25, 0.3) is 5.91 Å². The summed E-state index contributed by atoms with van der Waals surface area (Å²) in [6.45, 7) is 3.78. The zero-order chi connectivity index (χ0) is 17.4. The van der Waals surface area contributed by atoms with Gasteiger partial charge in [-0.15, -0.1) is 35.3 Å². The van der Waals surface area contributed by atoms with E-state index < -0.39 is 9.84 Å². The van der Waals surface area contributed by atoms with Crippen molar-refractivity contribution in [1.29, 1.82) is 0 Å². The molecule has 1 aliphatic rings. The lowest BCUT2D eigenvalue weighted by Gasteiger charge is -2.15. The Labute approximate surface area is 170 Å². The largest absolute Gasteiger partial charge is 0.357 e. The summed E-state index contributed by atoms with van der Waals surface area (Å²) in [6, 6.07) is 3.56. The Morgan fingerprint density at radius 2 is 2.20 bits per heavy atom. The molecule has 0 saturated carbocycles. The minimum Gasteiger partial charge on any atom is -0.357 e. The molecule has 0 aliphatic carbocycles. The summed E-state index contributed by atoms with van der Waals surface area (Å²) in [5.41, 5.74) is 0. The quantitative estimate of drug-likeness (QED) is 0.227. The van der Waals surface area contributed by atoms with Gasteiger partial charge in [0, 0.05) is 25.7 Å². The van der Waals surface area contributed by atoms with E-state index in [1.165, 1.54) is 11.3 Å². The summed E-state index contributed by atoms with van der Waals surface area (Å²) in [6.07, 6.45) is 1.33. The molecule has 7 nitrogen and oxygen atoms in total. The zero-order valence-electron chi connectivity index (χ0n) is 14.2. The third-order valence-electron chi connectivity index (χ3n) is 3.55. The molecule has 2 rings (SSSR count). The molecule has 1 aromatic rings. The van der Waals surface area contributed by atoms with Crippen LogP contribution in [0.5, 0.6) is 0 Å². The number of nitrogens with one attached hydrogen (secondary N) is 3. The van der Waals surface area contributed by atoms with Gasteiger partial charge in [0.15, 0.2) is 15.8 Å². The molecular weight excluding hydrogens is 475 g/mol. The molecule has 10 heteroatoms. The number of amides is 1. The summed E-state index contributed by atoms with van der Waals surface area (Å²) in [5, 5.41) is 11.0. The lowest BCUT2D eigenvalue weighted by molar-refractivity contribution is 0.0957. The number of sulfone groups is 1. The molecule has 0 aromatic carbocycles. The van der Waals surface area contributed by atoms with E-state index >= 15 is 0 Å². The number of halogens is 1. The van der Waals surface area contributed by atoms with Gasteiger partial charge >= 0.3 is 0 Å². The van der Waals surface area contributed by atoms with Gasteiger partial charge in [-0.05, 0) is 31.2 Å². The highest BCUT2D eigenvalue weighted by atomic mass is 127. The number of nitrogens with zero attached hydrogens (tertiary/aromatic N) is 1. The Hall–Kier alpha value is -0.880. The predicted octanol–water partition coefficient (Wildman–Crippen LogP) is 1.23. The summed E-state index contributed by atoms with van der Waals surface area (Å²) in [5.74, 6) is 0.965. The van der Waals surface area contributed by atoms with Crippen molar-refractivity contribution in [1.82, 2.24) is 16.0 Å². The minimum absolute atomic E-state index is 0. The highest BCUT2D eigenvalue weighted by molar-refractivity contribution is 14.0. The van der Waals surface area contributed by atoms with Gasteiger partial charge in [0.1, 0.15) is 0 Å². The third-order valence-corrected chi connectivity index (χ3v) is 6.19. The summed E-state index contributed by atoms with van der Waals surface area (Å²) >= 11 is 1.42. The van der Waals surface area contributed by atoms with Crippen LogP contribution in [0.1, 0.15) is 29.4 Å². The molecule has 3 N–H and O–H groups in total. The molecule has 25 heavy (non-hydrogen) atoms. The molecule has 0 bridgehead atoms. The van der Waals surface area contributed by atoms with Crippen molar-refractivity contribution in [2.24, 2.45) is 4.99 Å². The summed E-state index contributed by atoms with van der Waals surface area (Å²) < 4.78 is 23.0. The first kappa shape index (κ1) is 22.2. The molecule has 142 valence electrons. The van der Waals surface area contributed by atoms with Crippen LogP contribution in [0.4, 0.5) is 0 Å². The van der Waals surface area contributed by atoms with Crippen LogP contribution in [0.15, 0.2) is 22.5 Å². The number of rotatable bonds is 7.